The number of hydrogen-bond acceptors (Lipinski definition) is 8. The second-order valence-corrected chi connectivity index (χ2v) is 7.28. The Balaban J connectivity index is 1.84. The number of benzene rings is 1. The highest BCUT2D eigenvalue weighted by molar-refractivity contribution is 7.15. The highest BCUT2D eigenvalue weighted by Crippen LogP contribution is 2.17. The molecule has 0 fully saturated rings. The number of hydrogen-bond donors (Lipinski definition) is 3. The largest absolute Gasteiger partial charge is 0.383 e. The summed E-state index contributed by atoms with van der Waals surface area (Å²) in [5.41, 5.74) is 5.73. The lowest BCUT2D eigenvalue weighted by Crippen LogP contribution is -2.39. The Labute approximate surface area is 163 Å². The summed E-state index contributed by atoms with van der Waals surface area (Å²) in [5, 5.41) is 11.3. The molecule has 0 aliphatic rings. The minimum Gasteiger partial charge on any atom is -0.383 e. The van der Waals surface area contributed by atoms with Crippen molar-refractivity contribution < 1.29 is 4.79 Å². The molecule has 2 heterocycles. The molecule has 1 amide bonds. The monoisotopic (exact) mass is 401 g/mol. The molecule has 11 heteroatoms. The van der Waals surface area contributed by atoms with E-state index in [0.717, 1.165) is 10.6 Å². The van der Waals surface area contributed by atoms with Crippen LogP contribution in [0.5, 0.6) is 0 Å². The zero-order chi connectivity index (χ0) is 20.3. The van der Waals surface area contributed by atoms with E-state index < -0.39 is 17.2 Å². The smallest absolute Gasteiger partial charge is 0.330 e. The van der Waals surface area contributed by atoms with Crippen LogP contribution in [0.1, 0.15) is 10.6 Å². The number of nitrogens with one attached hydrogen (secondary N) is 2. The number of likely N-dealkylation sites (N-methyl/N-ethyl adjacent to an activating group) is 1. The first kappa shape index (κ1) is 19.3. The van der Waals surface area contributed by atoms with Crippen molar-refractivity contribution in [2.75, 3.05) is 29.5 Å². The van der Waals surface area contributed by atoms with Gasteiger partial charge in [-0.3, -0.25) is 24.5 Å². The van der Waals surface area contributed by atoms with E-state index in [1.807, 2.05) is 30.3 Å². The normalized spacial score (nSPS) is 10.6. The number of anilines is 3. The second kappa shape index (κ2) is 8.05. The van der Waals surface area contributed by atoms with Gasteiger partial charge in [-0.2, -0.15) is 0 Å². The van der Waals surface area contributed by atoms with Crippen LogP contribution in [-0.4, -0.2) is 39.2 Å². The van der Waals surface area contributed by atoms with Crippen LogP contribution >= 0.6 is 11.3 Å². The maximum absolute atomic E-state index is 12.3. The maximum Gasteiger partial charge on any atom is 0.330 e. The van der Waals surface area contributed by atoms with Crippen molar-refractivity contribution in [3.8, 4) is 0 Å². The van der Waals surface area contributed by atoms with Crippen molar-refractivity contribution in [1.82, 2.24) is 19.7 Å². The maximum atomic E-state index is 12.3. The van der Waals surface area contributed by atoms with Gasteiger partial charge in [-0.15, -0.1) is 10.2 Å². The number of rotatable bonds is 6. The Hall–Kier alpha value is -3.47. The minimum absolute atomic E-state index is 0.0142. The first-order valence-electron chi connectivity index (χ1n) is 8.32. The number of nitrogens with two attached hydrogens (primary N) is 1. The first-order valence-corrected chi connectivity index (χ1v) is 9.14. The van der Waals surface area contributed by atoms with Gasteiger partial charge in [0.1, 0.15) is 16.5 Å². The molecule has 0 atom stereocenters. The topological polar surface area (TPSA) is 139 Å². The highest BCUT2D eigenvalue weighted by Gasteiger charge is 2.19. The molecule has 0 unspecified atom stereocenters. The van der Waals surface area contributed by atoms with Crippen LogP contribution in [0.2, 0.25) is 0 Å². The van der Waals surface area contributed by atoms with Gasteiger partial charge < -0.3 is 10.6 Å². The molecule has 1 aromatic carbocycles. The number of aromatic nitrogens is 4. The number of nitrogen functional groups attached to an aromatic ring is 1. The van der Waals surface area contributed by atoms with E-state index in [2.05, 4.69) is 20.5 Å². The Morgan fingerprint density at radius 3 is 2.64 bits per heavy atom. The number of aryl methyl sites for hydroxylation is 1. The van der Waals surface area contributed by atoms with Crippen molar-refractivity contribution in [3.05, 3.63) is 61.7 Å². The third kappa shape index (κ3) is 4.26. The van der Waals surface area contributed by atoms with Crippen LogP contribution in [0.3, 0.4) is 0 Å². The third-order valence-corrected chi connectivity index (χ3v) is 4.69. The zero-order valence-electron chi connectivity index (χ0n) is 15.3. The van der Waals surface area contributed by atoms with Crippen LogP contribution in [0, 0.1) is 6.92 Å². The van der Waals surface area contributed by atoms with E-state index in [1.165, 1.54) is 20.8 Å². The van der Waals surface area contributed by atoms with Gasteiger partial charge in [-0.05, 0) is 12.5 Å². The molecule has 0 saturated heterocycles. The molecule has 0 saturated carbocycles. The van der Waals surface area contributed by atoms with E-state index in [-0.39, 0.29) is 24.6 Å². The Bertz CT molecular complexity index is 1100. The lowest BCUT2D eigenvalue weighted by Gasteiger charge is -2.21. The average molecular weight is 401 g/mol. The average Bonchev–Trinajstić information content (AvgIpc) is 3.03. The summed E-state index contributed by atoms with van der Waals surface area (Å²) in [7, 11) is 1.54. The molecule has 2 aromatic heterocycles. The van der Waals surface area contributed by atoms with Crippen molar-refractivity contribution in [2.45, 2.75) is 13.5 Å². The van der Waals surface area contributed by atoms with E-state index in [4.69, 9.17) is 5.73 Å². The minimum atomic E-state index is -0.658. The Morgan fingerprint density at radius 2 is 2.00 bits per heavy atom. The van der Waals surface area contributed by atoms with Gasteiger partial charge in [0.15, 0.2) is 0 Å². The molecule has 0 radical (unpaired) electrons. The molecule has 0 spiro atoms. The van der Waals surface area contributed by atoms with Crippen molar-refractivity contribution in [2.24, 2.45) is 0 Å². The summed E-state index contributed by atoms with van der Waals surface area (Å²) in [4.78, 5) is 40.4. The van der Waals surface area contributed by atoms with Crippen LogP contribution in [0.15, 0.2) is 39.9 Å². The highest BCUT2D eigenvalue weighted by atomic mass is 32.1. The number of carbonyl (C=O) groups excluding carboxylic acids is 1. The SMILES string of the molecule is Cc1nnc(NC(=O)CN(C)c2c(N)n(Cc3ccccc3)c(=O)[nH]c2=O)s1. The summed E-state index contributed by atoms with van der Waals surface area (Å²) < 4.78 is 1.26. The fourth-order valence-corrected chi connectivity index (χ4v) is 3.28. The summed E-state index contributed by atoms with van der Waals surface area (Å²) in [5.74, 6) is -0.405. The lowest BCUT2D eigenvalue weighted by molar-refractivity contribution is -0.114. The summed E-state index contributed by atoms with van der Waals surface area (Å²) in [6.45, 7) is 1.81. The van der Waals surface area contributed by atoms with Gasteiger partial charge in [0.2, 0.25) is 11.0 Å². The Morgan fingerprint density at radius 1 is 1.29 bits per heavy atom. The third-order valence-electron chi connectivity index (χ3n) is 3.93. The molecular weight excluding hydrogens is 382 g/mol. The molecule has 0 bridgehead atoms. The lowest BCUT2D eigenvalue weighted by atomic mass is 10.2. The van der Waals surface area contributed by atoms with Gasteiger partial charge in [-0.1, -0.05) is 41.7 Å². The van der Waals surface area contributed by atoms with E-state index in [9.17, 15) is 14.4 Å². The summed E-state index contributed by atoms with van der Waals surface area (Å²) in [6, 6.07) is 9.24. The molecular formula is C17H19N7O3S. The zero-order valence-corrected chi connectivity index (χ0v) is 16.1. The van der Waals surface area contributed by atoms with E-state index in [1.54, 1.807) is 14.0 Å². The second-order valence-electron chi connectivity index (χ2n) is 6.10. The van der Waals surface area contributed by atoms with Crippen LogP contribution < -0.4 is 27.2 Å². The molecule has 3 aromatic rings. The number of H-pyrrole nitrogens is 1. The molecule has 28 heavy (non-hydrogen) atoms. The first-order chi connectivity index (χ1) is 13.3. The summed E-state index contributed by atoms with van der Waals surface area (Å²) in [6.07, 6.45) is 0. The number of nitrogens with zero attached hydrogens (tertiary/aromatic N) is 4. The Kier molecular flexibility index (Phi) is 5.54. The quantitative estimate of drug-likeness (QED) is 0.543. The standard InChI is InChI=1S/C17H19N7O3S/c1-10-21-22-16(28-10)19-12(25)9-23(2)13-14(18)24(17(27)20-15(13)26)8-11-6-4-3-5-7-11/h3-7H,8-9,18H2,1-2H3,(H,19,22,25)(H,20,26,27). The van der Waals surface area contributed by atoms with Gasteiger partial charge >= 0.3 is 5.69 Å². The van der Waals surface area contributed by atoms with Gasteiger partial charge in [0.25, 0.3) is 5.56 Å². The molecule has 146 valence electrons. The van der Waals surface area contributed by atoms with Crippen LogP contribution in [-0.2, 0) is 11.3 Å². The molecule has 0 aliphatic heterocycles. The number of amides is 1. The van der Waals surface area contributed by atoms with Crippen LogP contribution in [0.25, 0.3) is 0 Å². The predicted molar refractivity (Wildman–Crippen MR) is 108 cm³/mol. The molecule has 3 rings (SSSR count). The van der Waals surface area contributed by atoms with Crippen molar-refractivity contribution >= 4 is 33.9 Å². The van der Waals surface area contributed by atoms with Gasteiger partial charge in [-0.25, -0.2) is 4.79 Å². The summed E-state index contributed by atoms with van der Waals surface area (Å²) >= 11 is 1.24. The fraction of sp³-hybridized carbons (Fsp3) is 0.235. The number of aromatic amines is 1. The molecule has 4 N–H and O–H groups in total. The van der Waals surface area contributed by atoms with E-state index in [0.29, 0.717) is 5.13 Å². The molecule has 10 nitrogen and oxygen atoms in total. The van der Waals surface area contributed by atoms with E-state index >= 15 is 0 Å². The van der Waals surface area contributed by atoms with Gasteiger partial charge in [0, 0.05) is 7.05 Å². The number of carbonyl (C=O) groups is 1. The predicted octanol–water partition coefficient (Wildman–Crippen LogP) is 0.402. The van der Waals surface area contributed by atoms with Gasteiger partial charge in [0.05, 0.1) is 13.1 Å². The fourth-order valence-electron chi connectivity index (χ4n) is 2.67. The van der Waals surface area contributed by atoms with Crippen LogP contribution in [0.4, 0.5) is 16.6 Å². The van der Waals surface area contributed by atoms with Crippen molar-refractivity contribution in [1.29, 1.82) is 0 Å². The van der Waals surface area contributed by atoms with Crippen molar-refractivity contribution in [3.63, 3.8) is 0 Å². The molecule has 0 aliphatic carbocycles.